The van der Waals surface area contributed by atoms with Gasteiger partial charge in [-0.3, -0.25) is 9.59 Å². The van der Waals surface area contributed by atoms with Crippen molar-refractivity contribution in [3.8, 4) is 0 Å². The number of allylic oxidation sites excluding steroid dienone is 6. The molecule has 3 heteroatoms. The molecular weight excluding hydrogens is 300 g/mol. The van der Waals surface area contributed by atoms with Crippen LogP contribution in [0.3, 0.4) is 0 Å². The number of carboxylic acids is 1. The third-order valence-electron chi connectivity index (χ3n) is 6.10. The maximum absolute atomic E-state index is 12.5. The summed E-state index contributed by atoms with van der Waals surface area (Å²) in [6.07, 6.45) is 8.07. The van der Waals surface area contributed by atoms with E-state index < -0.39 is 11.4 Å². The molecule has 2 rings (SSSR count). The zero-order chi connectivity index (χ0) is 18.3. The van der Waals surface area contributed by atoms with Gasteiger partial charge in [0.15, 0.2) is 5.78 Å². The number of aliphatic carboxylic acids is 1. The van der Waals surface area contributed by atoms with E-state index in [1.807, 2.05) is 40.7 Å². The molecule has 3 atom stereocenters. The number of ketones is 1. The molecule has 132 valence electrons. The van der Waals surface area contributed by atoms with Gasteiger partial charge in [0.05, 0.1) is 5.41 Å². The van der Waals surface area contributed by atoms with Gasteiger partial charge in [-0.25, -0.2) is 0 Å². The largest absolute Gasteiger partial charge is 0.481 e. The number of carbonyl (C=O) groups excluding carboxylic acids is 1. The topological polar surface area (TPSA) is 54.4 Å². The zero-order valence-corrected chi connectivity index (χ0v) is 15.8. The smallest absolute Gasteiger partial charge is 0.311 e. The summed E-state index contributed by atoms with van der Waals surface area (Å²) in [5, 5.41) is 10.1. The molecule has 0 amide bonds. The van der Waals surface area contributed by atoms with Gasteiger partial charge in [-0.05, 0) is 44.6 Å². The van der Waals surface area contributed by atoms with E-state index in [0.717, 1.165) is 23.1 Å². The van der Waals surface area contributed by atoms with Crippen molar-refractivity contribution in [2.45, 2.75) is 60.8 Å². The Morgan fingerprint density at radius 2 is 1.92 bits per heavy atom. The highest BCUT2D eigenvalue weighted by Crippen LogP contribution is 2.75. The van der Waals surface area contributed by atoms with Crippen molar-refractivity contribution in [1.29, 1.82) is 0 Å². The Kier molecular flexibility index (Phi) is 4.94. The number of Topliss-reactive ketones (excluding diaryl/α,β-unsaturated/α-hetero) is 1. The average Bonchev–Trinajstić information content (AvgIpc) is 2.81. The van der Waals surface area contributed by atoms with Crippen LogP contribution < -0.4 is 0 Å². The number of hydrogen-bond acceptors (Lipinski definition) is 2. The first kappa shape index (κ1) is 18.7. The van der Waals surface area contributed by atoms with Crippen molar-refractivity contribution in [3.05, 3.63) is 34.9 Å². The number of carboxylic acid groups (broad SMARTS) is 1. The van der Waals surface area contributed by atoms with Gasteiger partial charge < -0.3 is 5.11 Å². The minimum atomic E-state index is -0.861. The van der Waals surface area contributed by atoms with Crippen LogP contribution in [0.5, 0.6) is 0 Å². The van der Waals surface area contributed by atoms with Crippen molar-refractivity contribution >= 4 is 11.8 Å². The first-order chi connectivity index (χ1) is 11.1. The SMILES string of the molecule is CCC=CCC1=C(C)[C@H]([C@]2(C(=O)O)[C@H](C=C(C)C)C2(C)C)CC1=O. The molecule has 1 N–H and O–H groups in total. The predicted octanol–water partition coefficient (Wildman–Crippen LogP) is 4.94. The fourth-order valence-corrected chi connectivity index (χ4v) is 4.77. The van der Waals surface area contributed by atoms with E-state index in [9.17, 15) is 14.7 Å². The Hall–Kier alpha value is -1.64. The van der Waals surface area contributed by atoms with Crippen LogP contribution in [-0.4, -0.2) is 16.9 Å². The average molecular weight is 330 g/mol. The van der Waals surface area contributed by atoms with Gasteiger partial charge in [0.1, 0.15) is 0 Å². The van der Waals surface area contributed by atoms with Gasteiger partial charge >= 0.3 is 5.97 Å². The Labute approximate surface area is 145 Å². The molecule has 3 nitrogen and oxygen atoms in total. The second-order valence-electron chi connectivity index (χ2n) is 8.04. The Balaban J connectivity index is 2.45. The van der Waals surface area contributed by atoms with Crippen molar-refractivity contribution in [2.75, 3.05) is 0 Å². The molecule has 24 heavy (non-hydrogen) atoms. The Morgan fingerprint density at radius 1 is 1.29 bits per heavy atom. The van der Waals surface area contributed by atoms with E-state index in [1.165, 1.54) is 0 Å². The van der Waals surface area contributed by atoms with Crippen LogP contribution >= 0.6 is 0 Å². The van der Waals surface area contributed by atoms with Crippen molar-refractivity contribution in [2.24, 2.45) is 22.7 Å². The molecule has 0 radical (unpaired) electrons. The molecule has 0 aromatic rings. The Morgan fingerprint density at radius 3 is 2.42 bits per heavy atom. The van der Waals surface area contributed by atoms with Crippen LogP contribution in [0.2, 0.25) is 0 Å². The lowest BCUT2D eigenvalue weighted by Crippen LogP contribution is -2.31. The number of hydrogen-bond donors (Lipinski definition) is 1. The van der Waals surface area contributed by atoms with Crippen LogP contribution in [0.15, 0.2) is 34.9 Å². The van der Waals surface area contributed by atoms with Gasteiger partial charge in [-0.15, -0.1) is 0 Å². The highest BCUT2D eigenvalue weighted by atomic mass is 16.4. The minimum Gasteiger partial charge on any atom is -0.481 e. The van der Waals surface area contributed by atoms with Gasteiger partial charge in [0.25, 0.3) is 0 Å². The molecule has 0 bridgehead atoms. The second kappa shape index (κ2) is 6.34. The van der Waals surface area contributed by atoms with Crippen LogP contribution in [0.25, 0.3) is 0 Å². The molecule has 1 fully saturated rings. The molecule has 0 spiro atoms. The summed E-state index contributed by atoms with van der Waals surface area (Å²) in [5.41, 5.74) is 1.75. The van der Waals surface area contributed by atoms with E-state index in [-0.39, 0.29) is 23.0 Å². The third-order valence-corrected chi connectivity index (χ3v) is 6.10. The van der Waals surface area contributed by atoms with E-state index >= 15 is 0 Å². The normalized spacial score (nSPS) is 31.7. The summed E-state index contributed by atoms with van der Waals surface area (Å²) < 4.78 is 0. The summed E-state index contributed by atoms with van der Waals surface area (Å²) >= 11 is 0. The van der Waals surface area contributed by atoms with Gasteiger partial charge in [0, 0.05) is 18.3 Å². The summed E-state index contributed by atoms with van der Waals surface area (Å²) in [6, 6.07) is 0. The highest BCUT2D eigenvalue weighted by Gasteiger charge is 2.78. The second-order valence-corrected chi connectivity index (χ2v) is 8.04. The lowest BCUT2D eigenvalue weighted by atomic mass is 9.78. The van der Waals surface area contributed by atoms with E-state index in [0.29, 0.717) is 12.8 Å². The molecule has 0 aromatic carbocycles. The summed E-state index contributed by atoms with van der Waals surface area (Å²) in [7, 11) is 0. The van der Waals surface area contributed by atoms with Crippen molar-refractivity contribution < 1.29 is 14.7 Å². The molecule has 0 unspecified atom stereocenters. The van der Waals surface area contributed by atoms with Gasteiger partial charge in [-0.1, -0.05) is 50.1 Å². The van der Waals surface area contributed by atoms with E-state index in [1.54, 1.807) is 0 Å². The quantitative estimate of drug-likeness (QED) is 0.702. The van der Waals surface area contributed by atoms with Gasteiger partial charge in [-0.2, -0.15) is 0 Å². The fraction of sp³-hybridized carbons (Fsp3) is 0.619. The summed E-state index contributed by atoms with van der Waals surface area (Å²) in [6.45, 7) is 12.1. The minimum absolute atomic E-state index is 0.0224. The third kappa shape index (κ3) is 2.58. The monoisotopic (exact) mass is 330 g/mol. The predicted molar refractivity (Wildman–Crippen MR) is 96.6 cm³/mol. The summed E-state index contributed by atoms with van der Waals surface area (Å²) in [4.78, 5) is 24.8. The standard InChI is InChI=1S/C21H30O3/c1-7-8-9-10-15-14(4)16(12-17(15)22)21(19(23)24)18(11-13(2)3)20(21,5)6/h8-9,11,16,18H,7,10,12H2,1-6H3,(H,23,24)/t16-,18-,21-/m1/s1. The van der Waals surface area contributed by atoms with Crippen LogP contribution in [-0.2, 0) is 9.59 Å². The maximum Gasteiger partial charge on any atom is 0.311 e. The zero-order valence-electron chi connectivity index (χ0n) is 15.8. The molecule has 0 aromatic heterocycles. The molecule has 2 aliphatic rings. The van der Waals surface area contributed by atoms with Crippen LogP contribution in [0.4, 0.5) is 0 Å². The number of carbonyl (C=O) groups is 2. The van der Waals surface area contributed by atoms with E-state index in [2.05, 4.69) is 19.1 Å². The lowest BCUT2D eigenvalue weighted by molar-refractivity contribution is -0.147. The summed E-state index contributed by atoms with van der Waals surface area (Å²) in [5.74, 6) is -0.857. The Bertz CT molecular complexity index is 644. The van der Waals surface area contributed by atoms with Crippen molar-refractivity contribution in [3.63, 3.8) is 0 Å². The van der Waals surface area contributed by atoms with Crippen LogP contribution in [0, 0.1) is 22.7 Å². The lowest BCUT2D eigenvalue weighted by Gasteiger charge is -2.24. The maximum atomic E-state index is 12.5. The van der Waals surface area contributed by atoms with Crippen LogP contribution in [0.1, 0.15) is 60.8 Å². The number of rotatable bonds is 6. The molecule has 0 aliphatic heterocycles. The molecular formula is C21H30O3. The molecule has 2 aliphatic carbocycles. The fourth-order valence-electron chi connectivity index (χ4n) is 4.77. The molecule has 1 saturated carbocycles. The van der Waals surface area contributed by atoms with Crippen molar-refractivity contribution in [1.82, 2.24) is 0 Å². The first-order valence-corrected chi connectivity index (χ1v) is 8.88. The van der Waals surface area contributed by atoms with Gasteiger partial charge in [0.2, 0.25) is 0 Å². The molecule has 0 heterocycles. The van der Waals surface area contributed by atoms with E-state index in [4.69, 9.17) is 0 Å². The first-order valence-electron chi connectivity index (χ1n) is 8.88. The molecule has 0 saturated heterocycles. The highest BCUT2D eigenvalue weighted by molar-refractivity contribution is 6.01.